The van der Waals surface area contributed by atoms with Gasteiger partial charge in [0.25, 0.3) is 21.5 Å². The Morgan fingerprint density at radius 3 is 2.59 bits per heavy atom. The summed E-state index contributed by atoms with van der Waals surface area (Å²) in [5, 5.41) is 14.3. The molecule has 3 aromatic rings. The zero-order valence-electron chi connectivity index (χ0n) is 19.6. The molecule has 18 heteroatoms. The fraction of sp³-hybridized carbons (Fsp3) is 0.238. The van der Waals surface area contributed by atoms with E-state index >= 15 is 0 Å². The number of H-pyrrole nitrogens is 1. The average molecular weight is 609 g/mol. The van der Waals surface area contributed by atoms with Gasteiger partial charge in [0.2, 0.25) is 5.91 Å². The van der Waals surface area contributed by atoms with Crippen molar-refractivity contribution in [1.82, 2.24) is 25.5 Å². The molecule has 3 heterocycles. The first kappa shape index (κ1) is 29.9. The number of carbonyl (C=O) groups excluding carboxylic acids is 2. The molecule has 210 valence electrons. The van der Waals surface area contributed by atoms with E-state index in [1.54, 1.807) is 0 Å². The standard InChI is InChI=1S/C21H20ClF3N6O6S2/c22-14-8-12(21(23,24)25)9-27-19(14)26-5-1-2-15(32)30-31-39(36,37)18-4-3-13(38-18)10-28-20(35)11-6-16(33)29-17(34)7-11/h3-4,6-9,31H,1-2,5,10H2,(H,26,27)(H,28,35)(H,30,32)(H2,29,33,34). The Morgan fingerprint density at radius 2 is 1.92 bits per heavy atom. The summed E-state index contributed by atoms with van der Waals surface area (Å²) in [4.78, 5) is 43.6. The Hall–Kier alpha value is -3.67. The highest BCUT2D eigenvalue weighted by atomic mass is 35.5. The summed E-state index contributed by atoms with van der Waals surface area (Å²) in [7, 11) is -4.12. The van der Waals surface area contributed by atoms with Gasteiger partial charge in [0.1, 0.15) is 10.0 Å². The lowest BCUT2D eigenvalue weighted by Gasteiger charge is -2.11. The minimum Gasteiger partial charge on any atom is -0.494 e. The topological polar surface area (TPSA) is 182 Å². The fourth-order valence-corrected chi connectivity index (χ4v) is 5.33. The first-order valence-corrected chi connectivity index (χ1v) is 13.5. The largest absolute Gasteiger partial charge is 0.494 e. The van der Waals surface area contributed by atoms with E-state index in [0.29, 0.717) is 11.1 Å². The number of aromatic nitrogens is 2. The second kappa shape index (κ2) is 12.5. The molecule has 0 radical (unpaired) electrons. The first-order valence-electron chi connectivity index (χ1n) is 10.8. The van der Waals surface area contributed by atoms with Crippen LogP contribution >= 0.6 is 22.9 Å². The molecule has 0 unspecified atom stereocenters. The molecule has 39 heavy (non-hydrogen) atoms. The number of pyridine rings is 2. The van der Waals surface area contributed by atoms with Gasteiger partial charge < -0.3 is 15.7 Å². The van der Waals surface area contributed by atoms with Crippen molar-refractivity contribution in [3.05, 3.63) is 67.9 Å². The maximum absolute atomic E-state index is 12.7. The van der Waals surface area contributed by atoms with Gasteiger partial charge in [-0.2, -0.15) is 13.2 Å². The van der Waals surface area contributed by atoms with E-state index in [0.717, 1.165) is 29.5 Å². The molecule has 0 atom stereocenters. The van der Waals surface area contributed by atoms with Crippen molar-refractivity contribution in [1.29, 1.82) is 0 Å². The molecule has 2 amide bonds. The fourth-order valence-electron chi connectivity index (χ4n) is 2.94. The number of hydrogen-bond donors (Lipinski definition) is 6. The van der Waals surface area contributed by atoms with Crippen molar-refractivity contribution < 1.29 is 36.3 Å². The minimum atomic E-state index is -4.59. The van der Waals surface area contributed by atoms with E-state index in [4.69, 9.17) is 11.6 Å². The lowest BCUT2D eigenvalue weighted by molar-refractivity contribution is -0.137. The maximum atomic E-state index is 12.7. The van der Waals surface area contributed by atoms with E-state index in [1.807, 2.05) is 4.83 Å². The van der Waals surface area contributed by atoms with Crippen molar-refractivity contribution >= 4 is 50.6 Å². The Morgan fingerprint density at radius 1 is 1.18 bits per heavy atom. The summed E-state index contributed by atoms with van der Waals surface area (Å²) in [6, 6.07) is 5.49. The van der Waals surface area contributed by atoms with Crippen LogP contribution in [0.3, 0.4) is 0 Å². The average Bonchev–Trinajstić information content (AvgIpc) is 3.34. The van der Waals surface area contributed by atoms with Crippen LogP contribution in [0.5, 0.6) is 5.88 Å². The van der Waals surface area contributed by atoms with Crippen molar-refractivity contribution in [3.63, 3.8) is 0 Å². The number of amides is 2. The molecule has 0 spiro atoms. The molecule has 0 saturated heterocycles. The number of rotatable bonds is 11. The number of thiophene rings is 1. The Balaban J connectivity index is 1.43. The molecule has 0 saturated carbocycles. The lowest BCUT2D eigenvalue weighted by Crippen LogP contribution is -2.41. The van der Waals surface area contributed by atoms with Crippen molar-refractivity contribution in [2.24, 2.45) is 0 Å². The Kier molecular flexibility index (Phi) is 9.54. The SMILES string of the molecule is O=C(CCCNc1ncc(C(F)(F)F)cc1Cl)NNS(=O)(=O)c1ccc(CNC(=O)c2cc(O)[nH]c(=O)c2)s1. The van der Waals surface area contributed by atoms with Gasteiger partial charge in [0.05, 0.1) is 22.7 Å². The molecule has 6 N–H and O–H groups in total. The van der Waals surface area contributed by atoms with Gasteiger partial charge in [0, 0.05) is 36.2 Å². The van der Waals surface area contributed by atoms with Crippen LogP contribution in [0, 0.1) is 0 Å². The smallest absolute Gasteiger partial charge is 0.417 e. The predicted molar refractivity (Wildman–Crippen MR) is 135 cm³/mol. The molecule has 3 rings (SSSR count). The zero-order valence-corrected chi connectivity index (χ0v) is 21.9. The number of nitrogens with zero attached hydrogens (tertiary/aromatic N) is 1. The monoisotopic (exact) mass is 608 g/mol. The van der Waals surface area contributed by atoms with Gasteiger partial charge in [-0.15, -0.1) is 16.2 Å². The van der Waals surface area contributed by atoms with Gasteiger partial charge in [0.15, 0.2) is 5.88 Å². The number of alkyl halides is 3. The highest BCUT2D eigenvalue weighted by Crippen LogP contribution is 2.32. The molecule has 12 nitrogen and oxygen atoms in total. The molecule has 0 aliphatic rings. The highest BCUT2D eigenvalue weighted by Gasteiger charge is 2.31. The second-order valence-electron chi connectivity index (χ2n) is 7.76. The van der Waals surface area contributed by atoms with Gasteiger partial charge in [-0.1, -0.05) is 11.6 Å². The van der Waals surface area contributed by atoms with E-state index in [2.05, 4.69) is 26.0 Å². The second-order valence-corrected chi connectivity index (χ2v) is 11.2. The lowest BCUT2D eigenvalue weighted by atomic mass is 10.2. The predicted octanol–water partition coefficient (Wildman–Crippen LogP) is 2.34. The number of hydrogen-bond acceptors (Lipinski definition) is 9. The van der Waals surface area contributed by atoms with E-state index < -0.39 is 45.0 Å². The van der Waals surface area contributed by atoms with Crippen LogP contribution < -0.4 is 26.4 Å². The van der Waals surface area contributed by atoms with Crippen LogP contribution in [0.15, 0.2) is 45.5 Å². The normalized spacial score (nSPS) is 11.7. The molecule has 3 aromatic heterocycles. The molecule has 0 aliphatic carbocycles. The van der Waals surface area contributed by atoms with Crippen LogP contribution in [-0.4, -0.2) is 41.9 Å². The quantitative estimate of drug-likeness (QED) is 0.142. The third-order valence-electron chi connectivity index (χ3n) is 4.78. The number of aromatic amines is 1. The number of anilines is 1. The third-order valence-corrected chi connectivity index (χ3v) is 7.90. The molecular weight excluding hydrogens is 589 g/mol. The number of carbonyl (C=O) groups is 2. The van der Waals surface area contributed by atoms with Crippen LogP contribution in [0.4, 0.5) is 19.0 Å². The summed E-state index contributed by atoms with van der Waals surface area (Å²) < 4.78 is 62.7. The molecule has 0 fully saturated rings. The Labute approximate surface area is 227 Å². The number of halogens is 4. The molecule has 0 aliphatic heterocycles. The van der Waals surface area contributed by atoms with Gasteiger partial charge >= 0.3 is 6.18 Å². The van der Waals surface area contributed by atoms with Gasteiger partial charge in [-0.05, 0) is 24.6 Å². The van der Waals surface area contributed by atoms with Crippen molar-refractivity contribution in [2.75, 3.05) is 11.9 Å². The van der Waals surface area contributed by atoms with Crippen molar-refractivity contribution in [3.8, 4) is 5.88 Å². The highest BCUT2D eigenvalue weighted by molar-refractivity contribution is 7.91. The van der Waals surface area contributed by atoms with E-state index in [9.17, 15) is 41.1 Å². The van der Waals surface area contributed by atoms with Gasteiger partial charge in [-0.3, -0.25) is 24.8 Å². The van der Waals surface area contributed by atoms with E-state index in [1.165, 1.54) is 12.1 Å². The van der Waals surface area contributed by atoms with Crippen LogP contribution in [0.2, 0.25) is 5.02 Å². The van der Waals surface area contributed by atoms with Crippen LogP contribution in [0.1, 0.15) is 33.6 Å². The zero-order chi connectivity index (χ0) is 28.8. The number of sulfonamides is 1. The molecule has 0 aromatic carbocycles. The van der Waals surface area contributed by atoms with Crippen LogP contribution in [0.25, 0.3) is 0 Å². The number of aromatic hydroxyl groups is 1. The summed E-state index contributed by atoms with van der Waals surface area (Å²) >= 11 is 6.61. The maximum Gasteiger partial charge on any atom is 0.417 e. The van der Waals surface area contributed by atoms with Crippen LogP contribution in [-0.2, 0) is 27.5 Å². The van der Waals surface area contributed by atoms with Crippen molar-refractivity contribution in [2.45, 2.75) is 29.8 Å². The van der Waals surface area contributed by atoms with Gasteiger partial charge in [-0.25, -0.2) is 13.4 Å². The minimum absolute atomic E-state index is 0.00559. The van der Waals surface area contributed by atoms with E-state index in [-0.39, 0.29) is 46.5 Å². The summed E-state index contributed by atoms with van der Waals surface area (Å²) in [5.74, 6) is -1.81. The number of hydrazine groups is 1. The third kappa shape index (κ3) is 8.67. The number of nitrogens with one attached hydrogen (secondary N) is 5. The Bertz CT molecular complexity index is 1530. The molecular formula is C21H20ClF3N6O6S2. The summed E-state index contributed by atoms with van der Waals surface area (Å²) in [6.45, 7) is 0.0546. The first-order chi connectivity index (χ1) is 18.2. The molecule has 0 bridgehead atoms. The summed E-state index contributed by atoms with van der Waals surface area (Å²) in [6.07, 6.45) is -3.91. The summed E-state index contributed by atoms with van der Waals surface area (Å²) in [5.41, 5.74) is 0.299.